The largest absolute Gasteiger partial charge is 0.481 e. The van der Waals surface area contributed by atoms with E-state index in [4.69, 9.17) is 5.11 Å². The molecule has 1 aliphatic rings. The van der Waals surface area contributed by atoms with Gasteiger partial charge in [0.25, 0.3) is 5.91 Å². The molecule has 1 unspecified atom stereocenters. The average Bonchev–Trinajstić information content (AvgIpc) is 2.97. The number of alkyl halides is 3. The molecule has 0 aromatic carbocycles. The molecule has 0 saturated carbocycles. The van der Waals surface area contributed by atoms with Gasteiger partial charge in [0.05, 0.1) is 0 Å². The van der Waals surface area contributed by atoms with E-state index < -0.39 is 36.4 Å². The Morgan fingerprint density at radius 2 is 2.16 bits per heavy atom. The molecule has 1 aromatic heterocycles. The monoisotopic (exact) mass is 278 g/mol. The first-order chi connectivity index (χ1) is 8.78. The Labute approximate surface area is 104 Å². The van der Waals surface area contributed by atoms with Gasteiger partial charge in [-0.25, -0.2) is 4.98 Å². The number of H-pyrrole nitrogens is 1. The van der Waals surface area contributed by atoms with E-state index >= 15 is 0 Å². The van der Waals surface area contributed by atoms with Crippen LogP contribution < -0.4 is 0 Å². The Bertz CT molecular complexity index is 501. The molecule has 0 bridgehead atoms. The van der Waals surface area contributed by atoms with Crippen LogP contribution in [0, 0.1) is 5.41 Å². The highest BCUT2D eigenvalue weighted by atomic mass is 19.4. The van der Waals surface area contributed by atoms with Crippen LogP contribution in [0.25, 0.3) is 0 Å². The summed E-state index contributed by atoms with van der Waals surface area (Å²) in [5.74, 6) is -3.00. The van der Waals surface area contributed by atoms with Gasteiger partial charge in [0.2, 0.25) is 5.82 Å². The predicted molar refractivity (Wildman–Crippen MR) is 53.0 cm³/mol. The third kappa shape index (κ3) is 2.02. The summed E-state index contributed by atoms with van der Waals surface area (Å²) in [5, 5.41) is 14.5. The van der Waals surface area contributed by atoms with Gasteiger partial charge in [-0.2, -0.15) is 18.3 Å². The van der Waals surface area contributed by atoms with Gasteiger partial charge >= 0.3 is 12.1 Å². The first kappa shape index (κ1) is 13.3. The van der Waals surface area contributed by atoms with E-state index in [0.29, 0.717) is 0 Å². The highest BCUT2D eigenvalue weighted by Gasteiger charge is 2.64. The minimum Gasteiger partial charge on any atom is -0.481 e. The number of hydrogen-bond donors (Lipinski definition) is 2. The molecule has 7 nitrogen and oxygen atoms in total. The summed E-state index contributed by atoms with van der Waals surface area (Å²) in [6.07, 6.45) is -4.56. The van der Waals surface area contributed by atoms with Crippen molar-refractivity contribution in [1.29, 1.82) is 0 Å². The number of aromatic nitrogens is 3. The summed E-state index contributed by atoms with van der Waals surface area (Å²) in [4.78, 5) is 27.0. The van der Waals surface area contributed by atoms with Crippen LogP contribution in [0.3, 0.4) is 0 Å². The molecular formula is C9H9F3N4O3. The van der Waals surface area contributed by atoms with Gasteiger partial charge in [0.15, 0.2) is 5.41 Å². The Morgan fingerprint density at radius 1 is 1.47 bits per heavy atom. The molecule has 1 aromatic rings. The maximum Gasteiger partial charge on any atom is 0.406 e. The predicted octanol–water partition coefficient (Wildman–Crippen LogP) is 0.284. The molecule has 0 spiro atoms. The second-order valence-corrected chi connectivity index (χ2v) is 4.20. The number of halogens is 3. The van der Waals surface area contributed by atoms with Crippen LogP contribution in [-0.4, -0.2) is 56.3 Å². The summed E-state index contributed by atoms with van der Waals surface area (Å²) in [5.41, 5.74) is -2.91. The fourth-order valence-electron chi connectivity index (χ4n) is 1.97. The molecule has 19 heavy (non-hydrogen) atoms. The van der Waals surface area contributed by atoms with Gasteiger partial charge in [0, 0.05) is 13.1 Å². The van der Waals surface area contributed by atoms with Crippen molar-refractivity contribution in [3.05, 3.63) is 12.2 Å². The zero-order valence-electron chi connectivity index (χ0n) is 9.44. The molecule has 1 atom stereocenters. The number of hydrogen-bond acceptors (Lipinski definition) is 4. The SMILES string of the molecule is O=C(c1ncn[nH]1)N1CCC(C(=O)O)(C(F)(F)F)C1. The lowest BCUT2D eigenvalue weighted by molar-refractivity contribution is -0.227. The molecule has 0 radical (unpaired) electrons. The molecule has 1 amide bonds. The molecule has 2 N–H and O–H groups in total. The van der Waals surface area contributed by atoms with Crippen LogP contribution >= 0.6 is 0 Å². The van der Waals surface area contributed by atoms with Crippen molar-refractivity contribution in [3.63, 3.8) is 0 Å². The number of carbonyl (C=O) groups excluding carboxylic acids is 1. The fourth-order valence-corrected chi connectivity index (χ4v) is 1.97. The standard InChI is InChI=1S/C9H9F3N4O3/c10-9(11,12)8(7(18)19)1-2-16(3-8)6(17)5-13-4-14-15-5/h4H,1-3H2,(H,18,19)(H,13,14,15). The second-order valence-electron chi connectivity index (χ2n) is 4.20. The lowest BCUT2D eigenvalue weighted by Gasteiger charge is -2.26. The van der Waals surface area contributed by atoms with Crippen molar-refractivity contribution in [3.8, 4) is 0 Å². The molecule has 1 aliphatic heterocycles. The number of likely N-dealkylation sites (tertiary alicyclic amines) is 1. The van der Waals surface area contributed by atoms with E-state index in [1.165, 1.54) is 0 Å². The first-order valence-corrected chi connectivity index (χ1v) is 5.23. The number of aliphatic carboxylic acids is 1. The molecule has 0 aliphatic carbocycles. The highest BCUT2D eigenvalue weighted by molar-refractivity contribution is 5.91. The number of nitrogens with one attached hydrogen (secondary N) is 1. The fraction of sp³-hybridized carbons (Fsp3) is 0.556. The molecule has 2 heterocycles. The minimum atomic E-state index is -4.92. The van der Waals surface area contributed by atoms with E-state index in [-0.39, 0.29) is 12.4 Å². The van der Waals surface area contributed by atoms with Gasteiger partial charge in [-0.05, 0) is 6.42 Å². The van der Waals surface area contributed by atoms with Crippen molar-refractivity contribution < 1.29 is 27.9 Å². The normalized spacial score (nSPS) is 23.6. The molecule has 1 saturated heterocycles. The van der Waals surface area contributed by atoms with Crippen LogP contribution in [0.15, 0.2) is 6.33 Å². The number of nitrogens with zero attached hydrogens (tertiary/aromatic N) is 3. The third-order valence-electron chi connectivity index (χ3n) is 3.13. The molecule has 1 fully saturated rings. The van der Waals surface area contributed by atoms with Crippen molar-refractivity contribution in [2.75, 3.05) is 13.1 Å². The van der Waals surface area contributed by atoms with Crippen LogP contribution in [-0.2, 0) is 4.79 Å². The summed E-state index contributed by atoms with van der Waals surface area (Å²) in [6.45, 7) is -1.23. The maximum atomic E-state index is 12.9. The van der Waals surface area contributed by atoms with E-state index in [2.05, 4.69) is 15.2 Å². The zero-order chi connectivity index (χ0) is 14.3. The third-order valence-corrected chi connectivity index (χ3v) is 3.13. The maximum absolute atomic E-state index is 12.9. The number of carbonyl (C=O) groups is 2. The Balaban J connectivity index is 2.23. The van der Waals surface area contributed by atoms with Gasteiger partial charge in [-0.3, -0.25) is 14.7 Å². The lowest BCUT2D eigenvalue weighted by atomic mass is 9.86. The summed E-state index contributed by atoms with van der Waals surface area (Å²) in [7, 11) is 0. The summed E-state index contributed by atoms with van der Waals surface area (Å²) >= 11 is 0. The minimum absolute atomic E-state index is 0.219. The van der Waals surface area contributed by atoms with Crippen molar-refractivity contribution in [1.82, 2.24) is 20.1 Å². The number of rotatable bonds is 2. The Hall–Kier alpha value is -2.13. The van der Waals surface area contributed by atoms with Crippen LogP contribution in [0.1, 0.15) is 17.0 Å². The van der Waals surface area contributed by atoms with E-state index in [1.54, 1.807) is 0 Å². The van der Waals surface area contributed by atoms with Crippen molar-refractivity contribution >= 4 is 11.9 Å². The lowest BCUT2D eigenvalue weighted by Crippen LogP contribution is -2.47. The van der Waals surface area contributed by atoms with E-state index in [9.17, 15) is 22.8 Å². The Kier molecular flexibility index (Phi) is 2.95. The molecule has 2 rings (SSSR count). The topological polar surface area (TPSA) is 99.2 Å². The molecule has 10 heteroatoms. The van der Waals surface area contributed by atoms with Crippen LogP contribution in [0.2, 0.25) is 0 Å². The molecular weight excluding hydrogens is 269 g/mol. The van der Waals surface area contributed by atoms with E-state index in [1.807, 2.05) is 0 Å². The average molecular weight is 278 g/mol. The van der Waals surface area contributed by atoms with Crippen molar-refractivity contribution in [2.45, 2.75) is 12.6 Å². The van der Waals surface area contributed by atoms with Crippen molar-refractivity contribution in [2.24, 2.45) is 5.41 Å². The quantitative estimate of drug-likeness (QED) is 0.809. The highest BCUT2D eigenvalue weighted by Crippen LogP contribution is 2.45. The summed E-state index contributed by atoms with van der Waals surface area (Å²) < 4.78 is 38.7. The number of amides is 1. The molecule has 104 valence electrons. The van der Waals surface area contributed by atoms with Gasteiger partial charge in [-0.1, -0.05) is 0 Å². The first-order valence-electron chi connectivity index (χ1n) is 5.23. The smallest absolute Gasteiger partial charge is 0.406 e. The van der Waals surface area contributed by atoms with Gasteiger partial charge in [-0.15, -0.1) is 0 Å². The van der Waals surface area contributed by atoms with E-state index in [0.717, 1.165) is 11.2 Å². The van der Waals surface area contributed by atoms with Gasteiger partial charge in [0.1, 0.15) is 6.33 Å². The number of carboxylic acids is 1. The number of aromatic amines is 1. The van der Waals surface area contributed by atoms with Crippen LogP contribution in [0.5, 0.6) is 0 Å². The second kappa shape index (κ2) is 4.21. The Morgan fingerprint density at radius 3 is 2.58 bits per heavy atom. The number of carboxylic acid groups (broad SMARTS) is 1. The van der Waals surface area contributed by atoms with Crippen LogP contribution in [0.4, 0.5) is 13.2 Å². The van der Waals surface area contributed by atoms with Gasteiger partial charge < -0.3 is 10.0 Å². The zero-order valence-corrected chi connectivity index (χ0v) is 9.44. The summed E-state index contributed by atoms with van der Waals surface area (Å²) in [6, 6.07) is 0.